The zero-order chi connectivity index (χ0) is 20.0. The fourth-order valence-electron chi connectivity index (χ4n) is 2.24. The van der Waals surface area contributed by atoms with Gasteiger partial charge < -0.3 is 10.1 Å². The van der Waals surface area contributed by atoms with E-state index < -0.39 is 16.6 Å². The molecule has 0 bridgehead atoms. The van der Waals surface area contributed by atoms with Crippen molar-refractivity contribution in [3.8, 4) is 0 Å². The van der Waals surface area contributed by atoms with Gasteiger partial charge in [0.25, 0.3) is 11.6 Å². The van der Waals surface area contributed by atoms with Gasteiger partial charge >= 0.3 is 6.09 Å². The molecular weight excluding hydrogens is 350 g/mol. The van der Waals surface area contributed by atoms with E-state index in [1.54, 1.807) is 63.2 Å². The van der Waals surface area contributed by atoms with Crippen LogP contribution in [0.5, 0.6) is 0 Å². The third-order valence-electron chi connectivity index (χ3n) is 3.42. The smallest absolute Gasteiger partial charge is 0.412 e. The Labute approximate surface area is 156 Å². The summed E-state index contributed by atoms with van der Waals surface area (Å²) in [6.07, 6.45) is -0.587. The highest BCUT2D eigenvalue weighted by atomic mass is 16.6. The maximum atomic E-state index is 12.2. The molecule has 0 unspecified atom stereocenters. The molecule has 0 atom stereocenters. The van der Waals surface area contributed by atoms with Gasteiger partial charge in [-0.2, -0.15) is 0 Å². The summed E-state index contributed by atoms with van der Waals surface area (Å²) in [6.45, 7) is 5.32. The number of nitrogens with one attached hydrogen (secondary N) is 2. The summed E-state index contributed by atoms with van der Waals surface area (Å²) in [6, 6.07) is 12.5. The second-order valence-electron chi connectivity index (χ2n) is 6.77. The first-order valence-electron chi connectivity index (χ1n) is 8.26. The molecule has 2 rings (SSSR count). The molecule has 142 valence electrons. The average molecular weight is 371 g/mol. The molecule has 0 aliphatic rings. The fourth-order valence-corrected chi connectivity index (χ4v) is 2.24. The highest BCUT2D eigenvalue weighted by Crippen LogP contribution is 2.18. The first-order chi connectivity index (χ1) is 12.7. The van der Waals surface area contributed by atoms with E-state index >= 15 is 0 Å². The van der Waals surface area contributed by atoms with Gasteiger partial charge in [-0.1, -0.05) is 18.2 Å². The maximum Gasteiger partial charge on any atom is 0.412 e. The number of carbonyl (C=O) groups is 2. The second kappa shape index (κ2) is 8.31. The van der Waals surface area contributed by atoms with Gasteiger partial charge in [-0.15, -0.1) is 0 Å². The fraction of sp³-hybridized carbons (Fsp3) is 0.263. The Bertz CT molecular complexity index is 841. The number of hydrogen-bond donors (Lipinski definition) is 2. The van der Waals surface area contributed by atoms with Gasteiger partial charge in [0.15, 0.2) is 0 Å². The third kappa shape index (κ3) is 6.10. The van der Waals surface area contributed by atoms with Gasteiger partial charge in [0.1, 0.15) is 5.60 Å². The van der Waals surface area contributed by atoms with E-state index in [9.17, 15) is 19.7 Å². The molecule has 0 heterocycles. The summed E-state index contributed by atoms with van der Waals surface area (Å²) in [7, 11) is 0. The molecule has 0 aliphatic heterocycles. The predicted molar refractivity (Wildman–Crippen MR) is 101 cm³/mol. The van der Waals surface area contributed by atoms with Gasteiger partial charge in [-0.05, 0) is 45.0 Å². The summed E-state index contributed by atoms with van der Waals surface area (Å²) in [5.74, 6) is -0.378. The number of ether oxygens (including phenoxy) is 1. The Kier molecular flexibility index (Phi) is 6.12. The molecule has 8 nitrogen and oxygen atoms in total. The summed E-state index contributed by atoms with van der Waals surface area (Å²) in [5, 5.41) is 16.2. The van der Waals surface area contributed by atoms with Crippen LogP contribution in [0.4, 0.5) is 16.2 Å². The molecule has 0 fully saturated rings. The lowest BCUT2D eigenvalue weighted by Gasteiger charge is -2.19. The normalized spacial score (nSPS) is 10.8. The van der Waals surface area contributed by atoms with E-state index in [0.717, 1.165) is 0 Å². The van der Waals surface area contributed by atoms with Crippen LogP contribution in [0.3, 0.4) is 0 Å². The summed E-state index contributed by atoms with van der Waals surface area (Å²) in [4.78, 5) is 34.5. The number of nitro groups is 1. The van der Waals surface area contributed by atoms with E-state index in [2.05, 4.69) is 10.6 Å². The van der Waals surface area contributed by atoms with Crippen LogP contribution in [0.25, 0.3) is 0 Å². The minimum Gasteiger partial charge on any atom is -0.444 e. The van der Waals surface area contributed by atoms with Crippen molar-refractivity contribution in [2.45, 2.75) is 32.9 Å². The van der Waals surface area contributed by atoms with Crippen LogP contribution >= 0.6 is 0 Å². The highest BCUT2D eigenvalue weighted by Gasteiger charge is 2.17. The van der Waals surface area contributed by atoms with Gasteiger partial charge in [0, 0.05) is 29.4 Å². The number of hydrogen-bond acceptors (Lipinski definition) is 5. The third-order valence-corrected chi connectivity index (χ3v) is 3.42. The topological polar surface area (TPSA) is 111 Å². The number of carbonyl (C=O) groups excluding carboxylic acids is 2. The van der Waals surface area contributed by atoms with Crippen LogP contribution in [0.1, 0.15) is 36.7 Å². The molecule has 0 spiro atoms. The van der Waals surface area contributed by atoms with E-state index in [1.807, 2.05) is 0 Å². The van der Waals surface area contributed by atoms with Gasteiger partial charge in [0.05, 0.1) is 4.92 Å². The SMILES string of the molecule is CC(C)(C)OC(=O)Nc1ccc(C(=O)NCc2ccccc2[N+](=O)[O-])cc1. The van der Waals surface area contributed by atoms with Crippen molar-refractivity contribution >= 4 is 23.4 Å². The molecule has 8 heteroatoms. The molecule has 0 saturated heterocycles. The van der Waals surface area contributed by atoms with Gasteiger partial charge in [-0.3, -0.25) is 20.2 Å². The van der Waals surface area contributed by atoms with Crippen LogP contribution < -0.4 is 10.6 Å². The average Bonchev–Trinajstić information content (AvgIpc) is 2.58. The van der Waals surface area contributed by atoms with Gasteiger partial charge in [0.2, 0.25) is 0 Å². The van der Waals surface area contributed by atoms with Crippen LogP contribution in [0, 0.1) is 10.1 Å². The summed E-state index contributed by atoms with van der Waals surface area (Å²) in [5.41, 5.74) is 0.612. The largest absolute Gasteiger partial charge is 0.444 e. The van der Waals surface area contributed by atoms with E-state index in [-0.39, 0.29) is 18.1 Å². The van der Waals surface area contributed by atoms with Crippen molar-refractivity contribution in [3.63, 3.8) is 0 Å². The predicted octanol–water partition coefficient (Wildman–Crippen LogP) is 3.87. The standard InChI is InChI=1S/C19H21N3O5/c1-19(2,3)27-18(24)21-15-10-8-13(9-11-15)17(23)20-12-14-6-4-5-7-16(14)22(25)26/h4-11H,12H2,1-3H3,(H,20,23)(H,21,24). The molecule has 0 aromatic heterocycles. The van der Waals surface area contributed by atoms with Gasteiger partial charge in [-0.25, -0.2) is 4.79 Å². The van der Waals surface area contributed by atoms with E-state index in [1.165, 1.54) is 6.07 Å². The monoisotopic (exact) mass is 371 g/mol. The molecule has 2 amide bonds. The number of anilines is 1. The van der Waals surface area contributed by atoms with Crippen molar-refractivity contribution in [1.82, 2.24) is 5.32 Å². The minimum atomic E-state index is -0.607. The molecule has 0 saturated carbocycles. The molecule has 2 N–H and O–H groups in total. The molecule has 2 aromatic rings. The maximum absolute atomic E-state index is 12.2. The number of rotatable bonds is 5. The number of nitrogens with zero attached hydrogens (tertiary/aromatic N) is 1. The number of amides is 2. The molecule has 0 aliphatic carbocycles. The van der Waals surface area contributed by atoms with E-state index in [0.29, 0.717) is 16.8 Å². The van der Waals surface area contributed by atoms with Crippen molar-refractivity contribution in [2.24, 2.45) is 0 Å². The first kappa shape index (κ1) is 19.9. The van der Waals surface area contributed by atoms with Crippen LogP contribution in [0.2, 0.25) is 0 Å². The lowest BCUT2D eigenvalue weighted by atomic mass is 10.1. The highest BCUT2D eigenvalue weighted by molar-refractivity contribution is 5.95. The molecule has 0 radical (unpaired) electrons. The van der Waals surface area contributed by atoms with Crippen LogP contribution in [0.15, 0.2) is 48.5 Å². The summed E-state index contributed by atoms with van der Waals surface area (Å²) < 4.78 is 5.15. The van der Waals surface area contributed by atoms with E-state index in [4.69, 9.17) is 4.74 Å². The van der Waals surface area contributed by atoms with Crippen molar-refractivity contribution in [2.75, 3.05) is 5.32 Å². The Hall–Kier alpha value is -3.42. The van der Waals surface area contributed by atoms with Crippen LogP contribution in [-0.4, -0.2) is 22.5 Å². The number of nitro benzene ring substituents is 1. The van der Waals surface area contributed by atoms with Crippen molar-refractivity contribution in [3.05, 3.63) is 69.8 Å². The Morgan fingerprint density at radius 2 is 1.70 bits per heavy atom. The lowest BCUT2D eigenvalue weighted by Crippen LogP contribution is -2.27. The quantitative estimate of drug-likeness (QED) is 0.612. The Morgan fingerprint density at radius 1 is 1.07 bits per heavy atom. The second-order valence-corrected chi connectivity index (χ2v) is 6.77. The zero-order valence-corrected chi connectivity index (χ0v) is 15.3. The lowest BCUT2D eigenvalue weighted by molar-refractivity contribution is -0.385. The number of para-hydroxylation sites is 1. The van der Waals surface area contributed by atoms with Crippen LogP contribution in [-0.2, 0) is 11.3 Å². The van der Waals surface area contributed by atoms with Crippen molar-refractivity contribution in [1.29, 1.82) is 0 Å². The number of benzene rings is 2. The summed E-state index contributed by atoms with van der Waals surface area (Å²) >= 11 is 0. The first-order valence-corrected chi connectivity index (χ1v) is 8.26. The molecular formula is C19H21N3O5. The van der Waals surface area contributed by atoms with Crippen molar-refractivity contribution < 1.29 is 19.2 Å². The Balaban J connectivity index is 1.96. The molecule has 27 heavy (non-hydrogen) atoms. The minimum absolute atomic E-state index is 0.0356. The molecule has 2 aromatic carbocycles. The Morgan fingerprint density at radius 3 is 2.30 bits per heavy atom. The zero-order valence-electron chi connectivity index (χ0n) is 15.3.